The molecule has 0 atom stereocenters. The van der Waals surface area contributed by atoms with Crippen LogP contribution in [0.4, 0.5) is 0 Å². The minimum atomic E-state index is -0.373. The van der Waals surface area contributed by atoms with Crippen molar-refractivity contribution in [1.82, 2.24) is 14.8 Å². The van der Waals surface area contributed by atoms with Crippen molar-refractivity contribution in [3.63, 3.8) is 0 Å². The third-order valence-electron chi connectivity index (χ3n) is 4.49. The predicted octanol–water partition coefficient (Wildman–Crippen LogP) is 5.38. The highest BCUT2D eigenvalue weighted by Gasteiger charge is 2.16. The Kier molecular flexibility index (Phi) is 5.51. The van der Waals surface area contributed by atoms with E-state index in [0.29, 0.717) is 21.8 Å². The first kappa shape index (κ1) is 19.3. The summed E-state index contributed by atoms with van der Waals surface area (Å²) >= 11 is 5.90. The van der Waals surface area contributed by atoms with Gasteiger partial charge in [-0.1, -0.05) is 29.8 Å². The van der Waals surface area contributed by atoms with Crippen LogP contribution in [0.15, 0.2) is 90.9 Å². The van der Waals surface area contributed by atoms with Crippen LogP contribution in [-0.2, 0) is 0 Å². The summed E-state index contributed by atoms with van der Waals surface area (Å²) < 4.78 is 1.73. The number of ketones is 1. The van der Waals surface area contributed by atoms with Crippen molar-refractivity contribution < 1.29 is 4.79 Å². The number of pyridine rings is 1. The van der Waals surface area contributed by atoms with E-state index in [-0.39, 0.29) is 11.4 Å². The van der Waals surface area contributed by atoms with Gasteiger partial charge in [-0.25, -0.2) is 4.68 Å². The number of benzene rings is 2. The predicted molar refractivity (Wildman–Crippen MR) is 116 cm³/mol. The summed E-state index contributed by atoms with van der Waals surface area (Å²) in [5.74, 6) is -0.373. The molecular weight excluding hydrogens is 396 g/mol. The van der Waals surface area contributed by atoms with E-state index in [2.05, 4.69) is 10.1 Å². The summed E-state index contributed by atoms with van der Waals surface area (Å²) in [7, 11) is 0. The van der Waals surface area contributed by atoms with Crippen LogP contribution in [0.3, 0.4) is 0 Å². The number of para-hydroxylation sites is 1. The molecule has 0 N–H and O–H groups in total. The number of carbonyl (C=O) groups is 1. The smallest absolute Gasteiger partial charge is 0.203 e. The molecule has 0 amide bonds. The second kappa shape index (κ2) is 8.56. The highest BCUT2D eigenvalue weighted by atomic mass is 35.5. The fraction of sp³-hybridized carbons (Fsp3) is 0. The van der Waals surface area contributed by atoms with Gasteiger partial charge < -0.3 is 0 Å². The van der Waals surface area contributed by atoms with Crippen molar-refractivity contribution in [2.24, 2.45) is 0 Å². The molecule has 0 fully saturated rings. The third-order valence-corrected chi connectivity index (χ3v) is 4.74. The normalized spacial score (nSPS) is 11.1. The number of carbonyl (C=O) groups excluding carboxylic acids is 1. The van der Waals surface area contributed by atoms with Crippen LogP contribution in [0.25, 0.3) is 23.0 Å². The van der Waals surface area contributed by atoms with Gasteiger partial charge in [0.2, 0.25) is 5.78 Å². The van der Waals surface area contributed by atoms with Crippen molar-refractivity contribution in [3.05, 3.63) is 107 Å². The summed E-state index contributed by atoms with van der Waals surface area (Å²) in [4.78, 5) is 16.9. The molecule has 0 aliphatic carbocycles. The Bertz CT molecular complexity index is 1250. The van der Waals surface area contributed by atoms with Gasteiger partial charge >= 0.3 is 0 Å². The molecule has 2 aromatic carbocycles. The molecular formula is C24H15ClN4O. The van der Waals surface area contributed by atoms with Crippen LogP contribution in [0.2, 0.25) is 5.02 Å². The van der Waals surface area contributed by atoms with E-state index in [4.69, 9.17) is 11.6 Å². The molecule has 0 spiro atoms. The quantitative estimate of drug-likeness (QED) is 0.251. The SMILES string of the molecule is N#C/C(=C\c1cn(-c2ccccc2)nc1-c1ccncc1)C(=O)c1ccc(Cl)cc1. The lowest BCUT2D eigenvalue weighted by molar-refractivity contribution is 0.104. The first-order valence-electron chi connectivity index (χ1n) is 9.13. The number of rotatable bonds is 5. The first-order valence-corrected chi connectivity index (χ1v) is 9.51. The zero-order chi connectivity index (χ0) is 20.9. The lowest BCUT2D eigenvalue weighted by Gasteiger charge is -2.01. The number of allylic oxidation sites excluding steroid dienone is 1. The number of nitrogens with zero attached hydrogens (tertiary/aromatic N) is 4. The summed E-state index contributed by atoms with van der Waals surface area (Å²) in [6, 6.07) is 21.8. The molecule has 0 bridgehead atoms. The average Bonchev–Trinajstić information content (AvgIpc) is 3.22. The molecule has 2 aromatic heterocycles. The van der Waals surface area contributed by atoms with Gasteiger partial charge in [0.25, 0.3) is 0 Å². The molecule has 0 unspecified atom stereocenters. The summed E-state index contributed by atoms with van der Waals surface area (Å²) in [5.41, 5.74) is 3.42. The van der Waals surface area contributed by atoms with Gasteiger partial charge in [0.05, 0.1) is 5.69 Å². The Labute approximate surface area is 178 Å². The Morgan fingerprint density at radius 3 is 2.37 bits per heavy atom. The van der Waals surface area contributed by atoms with Crippen molar-refractivity contribution >= 4 is 23.5 Å². The maximum absolute atomic E-state index is 12.8. The van der Waals surface area contributed by atoms with Gasteiger partial charge in [-0.2, -0.15) is 10.4 Å². The topological polar surface area (TPSA) is 71.6 Å². The summed E-state index contributed by atoms with van der Waals surface area (Å²) in [6.07, 6.45) is 6.72. The standard InChI is InChI=1S/C24H15ClN4O/c25-21-8-6-18(7-9-21)24(30)19(15-26)14-20-16-29(22-4-2-1-3-5-22)28-23(20)17-10-12-27-13-11-17/h1-14,16H/b19-14+. The van der Waals surface area contributed by atoms with E-state index < -0.39 is 0 Å². The number of hydrogen-bond acceptors (Lipinski definition) is 4. The minimum Gasteiger partial charge on any atom is -0.288 e. The van der Waals surface area contributed by atoms with Crippen molar-refractivity contribution in [2.45, 2.75) is 0 Å². The van der Waals surface area contributed by atoms with E-state index in [1.54, 1.807) is 53.6 Å². The molecule has 0 radical (unpaired) electrons. The molecule has 0 aliphatic rings. The van der Waals surface area contributed by atoms with Gasteiger partial charge in [-0.15, -0.1) is 0 Å². The first-order chi connectivity index (χ1) is 14.7. The number of hydrogen-bond donors (Lipinski definition) is 0. The van der Waals surface area contributed by atoms with E-state index >= 15 is 0 Å². The lowest BCUT2D eigenvalue weighted by Crippen LogP contribution is -2.01. The van der Waals surface area contributed by atoms with Gasteiger partial charge in [-0.3, -0.25) is 9.78 Å². The zero-order valence-electron chi connectivity index (χ0n) is 15.7. The maximum Gasteiger partial charge on any atom is 0.203 e. The molecule has 2 heterocycles. The van der Waals surface area contributed by atoms with Crippen LogP contribution in [0, 0.1) is 11.3 Å². The van der Waals surface area contributed by atoms with Crippen LogP contribution in [0.5, 0.6) is 0 Å². The molecule has 5 nitrogen and oxygen atoms in total. The molecule has 0 saturated carbocycles. The Morgan fingerprint density at radius 1 is 1.00 bits per heavy atom. The van der Waals surface area contributed by atoms with Crippen LogP contribution in [0.1, 0.15) is 15.9 Å². The lowest BCUT2D eigenvalue weighted by atomic mass is 10.0. The number of nitriles is 1. The fourth-order valence-corrected chi connectivity index (χ4v) is 3.13. The van der Waals surface area contributed by atoms with Crippen LogP contribution < -0.4 is 0 Å². The highest BCUT2D eigenvalue weighted by Crippen LogP contribution is 2.26. The van der Waals surface area contributed by atoms with Crippen LogP contribution >= 0.6 is 11.6 Å². The maximum atomic E-state index is 12.8. The minimum absolute atomic E-state index is 0.0141. The highest BCUT2D eigenvalue weighted by molar-refractivity contribution is 6.30. The van der Waals surface area contributed by atoms with Crippen molar-refractivity contribution in [2.75, 3.05) is 0 Å². The summed E-state index contributed by atoms with van der Waals surface area (Å²) in [5, 5.41) is 14.9. The monoisotopic (exact) mass is 410 g/mol. The molecule has 4 aromatic rings. The van der Waals surface area contributed by atoms with Gasteiger partial charge in [-0.05, 0) is 54.6 Å². The second-order valence-corrected chi connectivity index (χ2v) is 6.89. The third kappa shape index (κ3) is 4.04. The van der Waals surface area contributed by atoms with E-state index in [1.165, 1.54) is 0 Å². The molecule has 30 heavy (non-hydrogen) atoms. The molecule has 0 aliphatic heterocycles. The van der Waals surface area contributed by atoms with Crippen molar-refractivity contribution in [3.8, 4) is 23.0 Å². The van der Waals surface area contributed by atoms with Crippen LogP contribution in [-0.4, -0.2) is 20.5 Å². The van der Waals surface area contributed by atoms with Gasteiger partial charge in [0.15, 0.2) is 0 Å². The number of aromatic nitrogens is 3. The van der Waals surface area contributed by atoms with E-state index in [9.17, 15) is 10.1 Å². The average molecular weight is 411 g/mol. The van der Waals surface area contributed by atoms with Crippen molar-refractivity contribution in [1.29, 1.82) is 5.26 Å². The number of halogens is 1. The largest absolute Gasteiger partial charge is 0.288 e. The molecule has 0 saturated heterocycles. The van der Waals surface area contributed by atoms with E-state index in [1.807, 2.05) is 48.5 Å². The second-order valence-electron chi connectivity index (χ2n) is 6.45. The Balaban J connectivity index is 1.82. The molecule has 6 heteroatoms. The molecule has 144 valence electrons. The Hall–Kier alpha value is -4.01. The fourth-order valence-electron chi connectivity index (χ4n) is 3.00. The number of Topliss-reactive ketones (excluding diaryl/α,β-unsaturated/α-hetero) is 1. The van der Waals surface area contributed by atoms with Gasteiger partial charge in [0, 0.05) is 40.3 Å². The Morgan fingerprint density at radius 2 is 1.70 bits per heavy atom. The zero-order valence-corrected chi connectivity index (χ0v) is 16.5. The molecule has 4 rings (SSSR count). The van der Waals surface area contributed by atoms with E-state index in [0.717, 1.165) is 11.3 Å². The summed E-state index contributed by atoms with van der Waals surface area (Å²) in [6.45, 7) is 0. The van der Waals surface area contributed by atoms with Gasteiger partial charge in [0.1, 0.15) is 17.3 Å².